The van der Waals surface area contributed by atoms with Crippen LogP contribution in [0.15, 0.2) is 24.3 Å². The molecule has 1 amide bonds. The molecular formula is C13H14ClNO3. The Hall–Kier alpha value is -1.55. The van der Waals surface area contributed by atoms with Gasteiger partial charge in [0, 0.05) is 24.5 Å². The molecule has 1 saturated heterocycles. The van der Waals surface area contributed by atoms with Crippen molar-refractivity contribution in [3.05, 3.63) is 34.9 Å². The standard InChI is InChI=1S/C13H14ClNO3/c14-11-4-2-1-3-9(11)5-6-15-8-10(13(17)18)7-12(15)16/h1-4,10H,5-8H2,(H,17,18). The van der Waals surface area contributed by atoms with Gasteiger partial charge in [-0.3, -0.25) is 9.59 Å². The van der Waals surface area contributed by atoms with Crippen LogP contribution < -0.4 is 0 Å². The molecule has 1 atom stereocenters. The molecule has 1 aliphatic heterocycles. The summed E-state index contributed by atoms with van der Waals surface area (Å²) in [6.07, 6.45) is 0.760. The summed E-state index contributed by atoms with van der Waals surface area (Å²) >= 11 is 6.03. The second kappa shape index (κ2) is 5.40. The Bertz CT molecular complexity index is 475. The third-order valence-corrected chi connectivity index (χ3v) is 3.54. The summed E-state index contributed by atoms with van der Waals surface area (Å²) < 4.78 is 0. The minimum atomic E-state index is -0.899. The molecule has 1 aromatic carbocycles. The first-order valence-corrected chi connectivity index (χ1v) is 6.19. The highest BCUT2D eigenvalue weighted by atomic mass is 35.5. The molecule has 0 radical (unpaired) electrons. The van der Waals surface area contributed by atoms with Crippen LogP contribution in [0.2, 0.25) is 5.02 Å². The van der Waals surface area contributed by atoms with E-state index in [0.717, 1.165) is 5.56 Å². The maximum absolute atomic E-state index is 11.6. The summed E-state index contributed by atoms with van der Waals surface area (Å²) in [5.74, 6) is -1.55. The van der Waals surface area contributed by atoms with Crippen LogP contribution in [0.5, 0.6) is 0 Å². The van der Waals surface area contributed by atoms with Gasteiger partial charge in [-0.1, -0.05) is 29.8 Å². The maximum Gasteiger partial charge on any atom is 0.308 e. The molecule has 0 aliphatic carbocycles. The van der Waals surface area contributed by atoms with E-state index in [9.17, 15) is 9.59 Å². The first-order valence-electron chi connectivity index (χ1n) is 5.82. The quantitative estimate of drug-likeness (QED) is 0.905. The van der Waals surface area contributed by atoms with Gasteiger partial charge in [0.05, 0.1) is 5.92 Å². The lowest BCUT2D eigenvalue weighted by Gasteiger charge is -2.16. The molecule has 4 nitrogen and oxygen atoms in total. The number of hydrogen-bond acceptors (Lipinski definition) is 2. The Morgan fingerprint density at radius 1 is 1.44 bits per heavy atom. The van der Waals surface area contributed by atoms with E-state index in [1.54, 1.807) is 4.90 Å². The molecule has 18 heavy (non-hydrogen) atoms. The van der Waals surface area contributed by atoms with Crippen molar-refractivity contribution in [3.63, 3.8) is 0 Å². The van der Waals surface area contributed by atoms with Crippen molar-refractivity contribution >= 4 is 23.5 Å². The van der Waals surface area contributed by atoms with Gasteiger partial charge in [-0.05, 0) is 18.1 Å². The molecule has 1 aliphatic rings. The van der Waals surface area contributed by atoms with Crippen LogP contribution in [0.1, 0.15) is 12.0 Å². The highest BCUT2D eigenvalue weighted by Gasteiger charge is 2.33. The van der Waals surface area contributed by atoms with Crippen LogP contribution in [-0.4, -0.2) is 35.0 Å². The average Bonchev–Trinajstić information content (AvgIpc) is 2.70. The van der Waals surface area contributed by atoms with Gasteiger partial charge < -0.3 is 10.0 Å². The van der Waals surface area contributed by atoms with Crippen molar-refractivity contribution < 1.29 is 14.7 Å². The van der Waals surface area contributed by atoms with E-state index in [1.165, 1.54) is 0 Å². The lowest BCUT2D eigenvalue weighted by Crippen LogP contribution is -2.28. The predicted molar refractivity (Wildman–Crippen MR) is 67.5 cm³/mol. The summed E-state index contributed by atoms with van der Waals surface area (Å²) in [5, 5.41) is 9.56. The summed E-state index contributed by atoms with van der Waals surface area (Å²) in [6, 6.07) is 7.47. The molecule has 2 rings (SSSR count). The molecule has 1 fully saturated rings. The van der Waals surface area contributed by atoms with Gasteiger partial charge in [0.15, 0.2) is 0 Å². The number of carbonyl (C=O) groups excluding carboxylic acids is 1. The Labute approximate surface area is 110 Å². The Morgan fingerprint density at radius 3 is 2.78 bits per heavy atom. The van der Waals surface area contributed by atoms with Gasteiger partial charge in [0.2, 0.25) is 5.91 Å². The van der Waals surface area contributed by atoms with Gasteiger partial charge >= 0.3 is 5.97 Å². The zero-order valence-corrected chi connectivity index (χ0v) is 10.6. The number of benzene rings is 1. The van der Waals surface area contributed by atoms with E-state index in [2.05, 4.69) is 0 Å². The monoisotopic (exact) mass is 267 g/mol. The SMILES string of the molecule is O=C(O)C1CC(=O)N(CCc2ccccc2Cl)C1. The normalized spacial score (nSPS) is 19.3. The number of aliphatic carboxylic acids is 1. The van der Waals surface area contributed by atoms with E-state index in [-0.39, 0.29) is 12.3 Å². The number of amides is 1. The van der Waals surface area contributed by atoms with Crippen LogP contribution in [0, 0.1) is 5.92 Å². The Kier molecular flexibility index (Phi) is 3.87. The van der Waals surface area contributed by atoms with Crippen LogP contribution in [0.4, 0.5) is 0 Å². The van der Waals surface area contributed by atoms with Crippen molar-refractivity contribution in [1.29, 1.82) is 0 Å². The van der Waals surface area contributed by atoms with E-state index in [0.29, 0.717) is 24.5 Å². The van der Waals surface area contributed by atoms with Gasteiger partial charge in [-0.2, -0.15) is 0 Å². The van der Waals surface area contributed by atoms with Crippen molar-refractivity contribution in [2.45, 2.75) is 12.8 Å². The van der Waals surface area contributed by atoms with Crippen molar-refractivity contribution in [2.75, 3.05) is 13.1 Å². The number of likely N-dealkylation sites (tertiary alicyclic amines) is 1. The third-order valence-electron chi connectivity index (χ3n) is 3.17. The largest absolute Gasteiger partial charge is 0.481 e. The van der Waals surface area contributed by atoms with Gasteiger partial charge in [-0.15, -0.1) is 0 Å². The fraction of sp³-hybridized carbons (Fsp3) is 0.385. The summed E-state index contributed by atoms with van der Waals surface area (Å²) in [7, 11) is 0. The van der Waals surface area contributed by atoms with E-state index < -0.39 is 11.9 Å². The average molecular weight is 268 g/mol. The topological polar surface area (TPSA) is 57.6 Å². The number of carboxylic acids is 1. The highest BCUT2D eigenvalue weighted by Crippen LogP contribution is 2.20. The molecule has 0 aromatic heterocycles. The number of carboxylic acid groups (broad SMARTS) is 1. The van der Waals surface area contributed by atoms with Gasteiger partial charge in [0.1, 0.15) is 0 Å². The van der Waals surface area contributed by atoms with E-state index >= 15 is 0 Å². The second-order valence-corrected chi connectivity index (χ2v) is 4.83. The molecule has 0 bridgehead atoms. The molecule has 0 saturated carbocycles. The lowest BCUT2D eigenvalue weighted by molar-refractivity contribution is -0.141. The number of carbonyl (C=O) groups is 2. The second-order valence-electron chi connectivity index (χ2n) is 4.42. The van der Waals surface area contributed by atoms with Crippen molar-refractivity contribution in [3.8, 4) is 0 Å². The van der Waals surface area contributed by atoms with Crippen LogP contribution >= 0.6 is 11.6 Å². The minimum absolute atomic E-state index is 0.0885. The first kappa shape index (κ1) is 12.9. The molecule has 0 spiro atoms. The lowest BCUT2D eigenvalue weighted by atomic mass is 10.1. The molecule has 1 N–H and O–H groups in total. The molecule has 1 aromatic rings. The summed E-state index contributed by atoms with van der Waals surface area (Å²) in [4.78, 5) is 24.0. The summed E-state index contributed by atoms with van der Waals surface area (Å²) in [6.45, 7) is 0.824. The van der Waals surface area contributed by atoms with Gasteiger partial charge in [0.25, 0.3) is 0 Å². The highest BCUT2D eigenvalue weighted by molar-refractivity contribution is 6.31. The predicted octanol–water partition coefficient (Wildman–Crippen LogP) is 1.82. The first-order chi connectivity index (χ1) is 8.58. The van der Waals surface area contributed by atoms with Crippen LogP contribution in [0.25, 0.3) is 0 Å². The molecular weight excluding hydrogens is 254 g/mol. The molecule has 1 unspecified atom stereocenters. The molecule has 96 valence electrons. The zero-order chi connectivity index (χ0) is 13.1. The van der Waals surface area contributed by atoms with Gasteiger partial charge in [-0.25, -0.2) is 0 Å². The van der Waals surface area contributed by atoms with E-state index in [1.807, 2.05) is 24.3 Å². The fourth-order valence-electron chi connectivity index (χ4n) is 2.11. The number of halogens is 1. The van der Waals surface area contributed by atoms with Crippen molar-refractivity contribution in [1.82, 2.24) is 4.90 Å². The number of hydrogen-bond donors (Lipinski definition) is 1. The summed E-state index contributed by atoms with van der Waals surface area (Å²) in [5.41, 5.74) is 0.978. The third kappa shape index (κ3) is 2.82. The Morgan fingerprint density at radius 2 is 2.17 bits per heavy atom. The zero-order valence-electron chi connectivity index (χ0n) is 9.80. The van der Waals surface area contributed by atoms with Crippen LogP contribution in [0.3, 0.4) is 0 Å². The smallest absolute Gasteiger partial charge is 0.308 e. The fourth-order valence-corrected chi connectivity index (χ4v) is 2.34. The van der Waals surface area contributed by atoms with E-state index in [4.69, 9.17) is 16.7 Å². The molecule has 1 heterocycles. The number of rotatable bonds is 4. The molecule has 5 heteroatoms. The van der Waals surface area contributed by atoms with Crippen LogP contribution in [-0.2, 0) is 16.0 Å². The minimum Gasteiger partial charge on any atom is -0.481 e. The maximum atomic E-state index is 11.6. The Balaban J connectivity index is 1.93. The number of nitrogens with zero attached hydrogens (tertiary/aromatic N) is 1. The van der Waals surface area contributed by atoms with Crippen molar-refractivity contribution in [2.24, 2.45) is 5.92 Å².